The Bertz CT molecular complexity index is 972. The molecular formula is C21H25N5O4. The number of anilines is 2. The van der Waals surface area contributed by atoms with Gasteiger partial charge in [0.15, 0.2) is 11.5 Å². The summed E-state index contributed by atoms with van der Waals surface area (Å²) in [5.41, 5.74) is 2.36. The quantitative estimate of drug-likeness (QED) is 0.811. The van der Waals surface area contributed by atoms with E-state index >= 15 is 0 Å². The van der Waals surface area contributed by atoms with Gasteiger partial charge in [0.25, 0.3) is 0 Å². The molecule has 3 aliphatic heterocycles. The molecule has 0 saturated carbocycles. The molecule has 9 nitrogen and oxygen atoms in total. The Balaban J connectivity index is 1.29. The fourth-order valence-electron chi connectivity index (χ4n) is 4.24. The highest BCUT2D eigenvalue weighted by Gasteiger charge is 2.43. The van der Waals surface area contributed by atoms with Crippen molar-refractivity contribution in [2.45, 2.75) is 24.9 Å². The average molecular weight is 411 g/mol. The number of fused-ring (bicyclic) bond motifs is 3. The molecule has 9 heteroatoms. The Morgan fingerprint density at radius 1 is 1.20 bits per heavy atom. The van der Waals surface area contributed by atoms with Gasteiger partial charge in [-0.05, 0) is 37.0 Å². The third-order valence-electron chi connectivity index (χ3n) is 5.92. The monoisotopic (exact) mass is 411 g/mol. The molecule has 1 aromatic heterocycles. The number of hydrogen-bond donors (Lipinski definition) is 1. The normalized spacial score (nSPS) is 18.8. The van der Waals surface area contributed by atoms with Crippen molar-refractivity contribution < 1.29 is 19.0 Å². The molecular weight excluding hydrogens is 386 g/mol. The topological polar surface area (TPSA) is 89.1 Å². The number of aromatic nitrogens is 2. The standard InChI is InChI=1S/C21H25N5O4/c1-25(2)19-22-12-14-5-10-30-21(18(14)24-19)6-8-26(9-7-21)20(27)23-15-3-4-16-17(11-15)29-13-28-16/h3-4,11-12H,5-10,13H2,1-2H3,(H,23,27). The maximum Gasteiger partial charge on any atom is 0.321 e. The zero-order chi connectivity index (χ0) is 20.7. The maximum atomic E-state index is 12.8. The maximum absolute atomic E-state index is 12.8. The highest BCUT2D eigenvalue weighted by atomic mass is 16.7. The van der Waals surface area contributed by atoms with Crippen molar-refractivity contribution in [3.8, 4) is 11.5 Å². The number of carbonyl (C=O) groups excluding carboxylic acids is 1. The molecule has 158 valence electrons. The molecule has 0 radical (unpaired) electrons. The molecule has 3 aliphatic rings. The van der Waals surface area contributed by atoms with Gasteiger partial charge in [-0.1, -0.05) is 0 Å². The van der Waals surface area contributed by atoms with Crippen LogP contribution in [0.15, 0.2) is 24.4 Å². The first-order valence-corrected chi connectivity index (χ1v) is 10.2. The van der Waals surface area contributed by atoms with Crippen LogP contribution < -0.4 is 19.7 Å². The van der Waals surface area contributed by atoms with E-state index in [4.69, 9.17) is 19.2 Å². The van der Waals surface area contributed by atoms with Gasteiger partial charge < -0.3 is 29.3 Å². The average Bonchev–Trinajstić information content (AvgIpc) is 3.22. The van der Waals surface area contributed by atoms with Crippen molar-refractivity contribution in [2.24, 2.45) is 0 Å². The summed E-state index contributed by atoms with van der Waals surface area (Å²) in [5, 5.41) is 2.95. The molecule has 1 aromatic carbocycles. The molecule has 2 amide bonds. The minimum absolute atomic E-state index is 0.128. The summed E-state index contributed by atoms with van der Waals surface area (Å²) < 4.78 is 17.0. The predicted molar refractivity (Wildman–Crippen MR) is 110 cm³/mol. The molecule has 1 spiro atoms. The fraction of sp³-hybridized carbons (Fsp3) is 0.476. The van der Waals surface area contributed by atoms with Gasteiger partial charge in [0.1, 0.15) is 5.60 Å². The number of urea groups is 1. The number of likely N-dealkylation sites (tertiary alicyclic amines) is 1. The first kappa shape index (κ1) is 18.9. The Kier molecular flexibility index (Phi) is 4.62. The molecule has 1 saturated heterocycles. The number of piperidine rings is 1. The van der Waals surface area contributed by atoms with Crippen molar-refractivity contribution in [1.82, 2.24) is 14.9 Å². The van der Waals surface area contributed by atoms with E-state index in [1.165, 1.54) is 0 Å². The number of nitrogens with zero attached hydrogens (tertiary/aromatic N) is 4. The van der Waals surface area contributed by atoms with Crippen LogP contribution in [0.1, 0.15) is 24.1 Å². The van der Waals surface area contributed by atoms with Gasteiger partial charge in [-0.15, -0.1) is 0 Å². The lowest BCUT2D eigenvalue weighted by molar-refractivity contribution is -0.0953. The SMILES string of the molecule is CN(C)c1ncc2c(n1)C1(CCN(C(=O)Nc3ccc4c(c3)OCO4)CC1)OCC2. The first-order valence-electron chi connectivity index (χ1n) is 10.2. The molecule has 1 fully saturated rings. The molecule has 0 aliphatic carbocycles. The van der Waals surface area contributed by atoms with Gasteiger partial charge in [0, 0.05) is 45.1 Å². The van der Waals surface area contributed by atoms with E-state index in [-0.39, 0.29) is 12.8 Å². The molecule has 0 bridgehead atoms. The zero-order valence-corrected chi connectivity index (χ0v) is 17.2. The number of nitrogens with one attached hydrogen (secondary N) is 1. The van der Waals surface area contributed by atoms with E-state index in [1.54, 1.807) is 12.1 Å². The van der Waals surface area contributed by atoms with Crippen LogP contribution in [-0.2, 0) is 16.8 Å². The van der Waals surface area contributed by atoms with Gasteiger partial charge in [-0.3, -0.25) is 0 Å². The molecule has 1 N–H and O–H groups in total. The zero-order valence-electron chi connectivity index (χ0n) is 17.2. The van der Waals surface area contributed by atoms with Crippen LogP contribution in [0.25, 0.3) is 0 Å². The lowest BCUT2D eigenvalue weighted by Gasteiger charge is -2.44. The highest BCUT2D eigenvalue weighted by molar-refractivity contribution is 5.89. The van der Waals surface area contributed by atoms with Crippen LogP contribution in [-0.4, -0.2) is 61.5 Å². The van der Waals surface area contributed by atoms with Gasteiger partial charge in [-0.2, -0.15) is 0 Å². The van der Waals surface area contributed by atoms with E-state index in [9.17, 15) is 4.79 Å². The summed E-state index contributed by atoms with van der Waals surface area (Å²) in [4.78, 5) is 25.8. The van der Waals surface area contributed by atoms with Gasteiger partial charge >= 0.3 is 6.03 Å². The largest absolute Gasteiger partial charge is 0.454 e. The number of benzene rings is 1. The van der Waals surface area contributed by atoms with Gasteiger partial charge in [0.2, 0.25) is 12.7 Å². The van der Waals surface area contributed by atoms with E-state index in [0.717, 1.165) is 17.7 Å². The fourth-order valence-corrected chi connectivity index (χ4v) is 4.24. The minimum atomic E-state index is -0.448. The Labute approximate surface area is 174 Å². The Hall–Kier alpha value is -3.07. The molecule has 0 unspecified atom stereocenters. The van der Waals surface area contributed by atoms with Crippen LogP contribution in [0.4, 0.5) is 16.4 Å². The van der Waals surface area contributed by atoms with Crippen LogP contribution >= 0.6 is 0 Å². The third-order valence-corrected chi connectivity index (χ3v) is 5.92. The summed E-state index contributed by atoms with van der Waals surface area (Å²) in [6.45, 7) is 2.05. The van der Waals surface area contributed by atoms with E-state index in [1.807, 2.05) is 36.2 Å². The lowest BCUT2D eigenvalue weighted by Crippen LogP contribution is -2.50. The van der Waals surface area contributed by atoms with E-state index < -0.39 is 5.60 Å². The van der Waals surface area contributed by atoms with Crippen molar-refractivity contribution in [3.63, 3.8) is 0 Å². The second-order valence-electron chi connectivity index (χ2n) is 8.02. The minimum Gasteiger partial charge on any atom is -0.454 e. The summed E-state index contributed by atoms with van der Waals surface area (Å²) >= 11 is 0. The smallest absolute Gasteiger partial charge is 0.321 e. The summed E-state index contributed by atoms with van der Waals surface area (Å²) in [7, 11) is 3.86. The molecule has 30 heavy (non-hydrogen) atoms. The van der Waals surface area contributed by atoms with Crippen LogP contribution in [0.5, 0.6) is 11.5 Å². The summed E-state index contributed by atoms with van der Waals surface area (Å²) in [6.07, 6.45) is 4.15. The predicted octanol–water partition coefficient (Wildman–Crippen LogP) is 2.37. The number of carbonyl (C=O) groups is 1. The number of hydrogen-bond acceptors (Lipinski definition) is 7. The molecule has 0 atom stereocenters. The van der Waals surface area contributed by atoms with Crippen LogP contribution in [0.2, 0.25) is 0 Å². The van der Waals surface area contributed by atoms with Gasteiger partial charge in [-0.25, -0.2) is 14.8 Å². The van der Waals surface area contributed by atoms with Crippen molar-refractivity contribution in [1.29, 1.82) is 0 Å². The number of rotatable bonds is 2. The molecule has 5 rings (SSSR count). The number of amides is 2. The second-order valence-corrected chi connectivity index (χ2v) is 8.02. The lowest BCUT2D eigenvalue weighted by atomic mass is 9.83. The summed E-state index contributed by atoms with van der Waals surface area (Å²) in [6, 6.07) is 5.28. The van der Waals surface area contributed by atoms with Crippen molar-refractivity contribution in [3.05, 3.63) is 35.7 Å². The molecule has 4 heterocycles. The first-order chi connectivity index (χ1) is 14.5. The van der Waals surface area contributed by atoms with Crippen LogP contribution in [0, 0.1) is 0 Å². The van der Waals surface area contributed by atoms with Crippen molar-refractivity contribution >= 4 is 17.7 Å². The van der Waals surface area contributed by atoms with E-state index in [0.29, 0.717) is 55.7 Å². The van der Waals surface area contributed by atoms with Crippen molar-refractivity contribution in [2.75, 3.05) is 50.8 Å². The molecule has 2 aromatic rings. The van der Waals surface area contributed by atoms with Gasteiger partial charge in [0.05, 0.1) is 12.3 Å². The van der Waals surface area contributed by atoms with E-state index in [2.05, 4.69) is 10.3 Å². The number of ether oxygens (including phenoxy) is 3. The Morgan fingerprint density at radius 3 is 2.80 bits per heavy atom. The van der Waals surface area contributed by atoms with Crippen LogP contribution in [0.3, 0.4) is 0 Å². The third kappa shape index (κ3) is 3.28. The Morgan fingerprint density at radius 2 is 2.00 bits per heavy atom. The highest BCUT2D eigenvalue weighted by Crippen LogP contribution is 2.41. The second kappa shape index (κ2) is 7.32. The summed E-state index contributed by atoms with van der Waals surface area (Å²) in [5.74, 6) is 2.02.